The standard InChI is InChI=1S/C15H18N2O2/c1-10-13(6-7-15(18)19-3)11(2)17-14(10)9-12-5-4-8-16-12/h5,8-9H,4,6-7H2,1-3H3/b14-9-. The topological polar surface area (TPSA) is 51.0 Å². The molecule has 0 N–H and O–H groups in total. The highest BCUT2D eigenvalue weighted by atomic mass is 16.5. The second-order valence-corrected chi connectivity index (χ2v) is 4.58. The van der Waals surface area contributed by atoms with E-state index >= 15 is 0 Å². The molecule has 0 atom stereocenters. The number of carbonyl (C=O) groups is 1. The van der Waals surface area contributed by atoms with Crippen molar-refractivity contribution in [3.63, 3.8) is 0 Å². The van der Waals surface area contributed by atoms with Crippen LogP contribution in [0.15, 0.2) is 44.7 Å². The third kappa shape index (κ3) is 3.08. The van der Waals surface area contributed by atoms with Crippen molar-refractivity contribution in [2.45, 2.75) is 33.1 Å². The van der Waals surface area contributed by atoms with Crippen molar-refractivity contribution in [2.24, 2.45) is 9.98 Å². The number of carbonyl (C=O) groups excluding carboxylic acids is 1. The number of aliphatic imine (C=N–C) groups is 2. The van der Waals surface area contributed by atoms with Gasteiger partial charge in [0.25, 0.3) is 0 Å². The van der Waals surface area contributed by atoms with Crippen LogP contribution < -0.4 is 0 Å². The number of allylic oxidation sites excluding steroid dienone is 4. The van der Waals surface area contributed by atoms with Crippen LogP contribution in [0.4, 0.5) is 0 Å². The fourth-order valence-corrected chi connectivity index (χ4v) is 2.22. The molecule has 0 spiro atoms. The average molecular weight is 258 g/mol. The summed E-state index contributed by atoms with van der Waals surface area (Å²) >= 11 is 0. The van der Waals surface area contributed by atoms with Gasteiger partial charge in [0.05, 0.1) is 18.5 Å². The predicted molar refractivity (Wildman–Crippen MR) is 76.3 cm³/mol. The molecule has 100 valence electrons. The Kier molecular flexibility index (Phi) is 4.10. The Labute approximate surface area is 113 Å². The third-order valence-electron chi connectivity index (χ3n) is 3.33. The largest absolute Gasteiger partial charge is 0.469 e. The van der Waals surface area contributed by atoms with Gasteiger partial charge in [0.15, 0.2) is 0 Å². The van der Waals surface area contributed by atoms with E-state index in [0.717, 1.165) is 34.7 Å². The first-order valence-electron chi connectivity index (χ1n) is 6.39. The van der Waals surface area contributed by atoms with Gasteiger partial charge in [-0.05, 0) is 37.5 Å². The molecule has 0 aliphatic carbocycles. The van der Waals surface area contributed by atoms with Gasteiger partial charge in [-0.1, -0.05) is 6.08 Å². The van der Waals surface area contributed by atoms with Crippen molar-refractivity contribution < 1.29 is 9.53 Å². The Morgan fingerprint density at radius 3 is 2.89 bits per heavy atom. The molecular weight excluding hydrogens is 240 g/mol. The summed E-state index contributed by atoms with van der Waals surface area (Å²) < 4.78 is 4.67. The maximum absolute atomic E-state index is 11.2. The first-order valence-corrected chi connectivity index (χ1v) is 6.39. The summed E-state index contributed by atoms with van der Waals surface area (Å²) in [5.74, 6) is -0.186. The normalized spacial score (nSPS) is 20.1. The third-order valence-corrected chi connectivity index (χ3v) is 3.33. The molecule has 2 rings (SSSR count). The quantitative estimate of drug-likeness (QED) is 0.728. The molecule has 19 heavy (non-hydrogen) atoms. The first-order chi connectivity index (χ1) is 9.11. The van der Waals surface area contributed by atoms with Gasteiger partial charge in [0, 0.05) is 24.8 Å². The Morgan fingerprint density at radius 2 is 2.26 bits per heavy atom. The van der Waals surface area contributed by atoms with Gasteiger partial charge >= 0.3 is 5.97 Å². The van der Waals surface area contributed by atoms with Gasteiger partial charge in [-0.25, -0.2) is 0 Å². The second kappa shape index (κ2) is 5.78. The average Bonchev–Trinajstić information content (AvgIpc) is 2.98. The lowest BCUT2D eigenvalue weighted by atomic mass is 10.0. The highest BCUT2D eigenvalue weighted by molar-refractivity contribution is 6.03. The van der Waals surface area contributed by atoms with Gasteiger partial charge in [-0.15, -0.1) is 0 Å². The fraction of sp³-hybridized carbons (Fsp3) is 0.400. The second-order valence-electron chi connectivity index (χ2n) is 4.58. The molecule has 0 amide bonds. The molecule has 0 saturated carbocycles. The highest BCUT2D eigenvalue weighted by Gasteiger charge is 2.18. The summed E-state index contributed by atoms with van der Waals surface area (Å²) in [6.45, 7) is 4.01. The Bertz CT molecular complexity index is 548. The molecule has 0 radical (unpaired) electrons. The number of esters is 1. The Balaban J connectivity index is 2.15. The predicted octanol–water partition coefficient (Wildman–Crippen LogP) is 2.97. The Morgan fingerprint density at radius 1 is 1.47 bits per heavy atom. The molecule has 0 fully saturated rings. The Hall–Kier alpha value is -1.97. The van der Waals surface area contributed by atoms with Crippen LogP contribution in [0, 0.1) is 0 Å². The van der Waals surface area contributed by atoms with Crippen molar-refractivity contribution in [1.82, 2.24) is 0 Å². The zero-order chi connectivity index (χ0) is 13.8. The number of methoxy groups -OCH3 is 1. The van der Waals surface area contributed by atoms with Gasteiger partial charge in [-0.3, -0.25) is 14.8 Å². The zero-order valence-electron chi connectivity index (χ0n) is 11.6. The molecule has 0 bridgehead atoms. The van der Waals surface area contributed by atoms with E-state index in [1.807, 2.05) is 26.1 Å². The maximum atomic E-state index is 11.2. The monoisotopic (exact) mass is 258 g/mol. The number of ether oxygens (including phenoxy) is 1. The zero-order valence-corrected chi connectivity index (χ0v) is 11.6. The van der Waals surface area contributed by atoms with Crippen LogP contribution in [0.1, 0.15) is 33.1 Å². The van der Waals surface area contributed by atoms with E-state index in [9.17, 15) is 4.79 Å². The van der Waals surface area contributed by atoms with Crippen molar-refractivity contribution in [3.8, 4) is 0 Å². The van der Waals surface area contributed by atoms with E-state index in [-0.39, 0.29) is 5.97 Å². The van der Waals surface area contributed by atoms with Crippen LogP contribution in [0.2, 0.25) is 0 Å². The maximum Gasteiger partial charge on any atom is 0.305 e. The lowest BCUT2D eigenvalue weighted by Gasteiger charge is -2.03. The molecule has 0 aromatic carbocycles. The number of nitrogens with zero attached hydrogens (tertiary/aromatic N) is 2. The van der Waals surface area contributed by atoms with Crippen LogP contribution in [0.3, 0.4) is 0 Å². The van der Waals surface area contributed by atoms with Crippen LogP contribution in [-0.4, -0.2) is 25.0 Å². The summed E-state index contributed by atoms with van der Waals surface area (Å²) in [6, 6.07) is 0. The molecule has 2 aliphatic heterocycles. The summed E-state index contributed by atoms with van der Waals surface area (Å²) in [5, 5.41) is 0. The van der Waals surface area contributed by atoms with Crippen molar-refractivity contribution in [3.05, 3.63) is 34.7 Å². The van der Waals surface area contributed by atoms with Gasteiger partial charge in [-0.2, -0.15) is 0 Å². The van der Waals surface area contributed by atoms with Crippen molar-refractivity contribution >= 4 is 17.9 Å². The summed E-state index contributed by atoms with van der Waals surface area (Å²) in [7, 11) is 1.41. The molecule has 0 aromatic heterocycles. The van der Waals surface area contributed by atoms with Crippen molar-refractivity contribution in [2.75, 3.05) is 7.11 Å². The highest BCUT2D eigenvalue weighted by Crippen LogP contribution is 2.29. The van der Waals surface area contributed by atoms with Gasteiger partial charge in [0.1, 0.15) is 0 Å². The SMILES string of the molecule is COC(=O)CCC1=C(C)/C(=C/C2=CCC=N2)N=C1C. The molecule has 2 aliphatic rings. The molecular formula is C15H18N2O2. The molecule has 2 heterocycles. The summed E-state index contributed by atoms with van der Waals surface area (Å²) in [5.41, 5.74) is 5.15. The fourth-order valence-electron chi connectivity index (χ4n) is 2.22. The number of rotatable bonds is 4. The minimum Gasteiger partial charge on any atom is -0.469 e. The van der Waals surface area contributed by atoms with Crippen LogP contribution in [-0.2, 0) is 9.53 Å². The van der Waals surface area contributed by atoms with Crippen LogP contribution in [0.5, 0.6) is 0 Å². The van der Waals surface area contributed by atoms with Crippen LogP contribution >= 0.6 is 0 Å². The van der Waals surface area contributed by atoms with E-state index in [1.54, 1.807) is 0 Å². The number of hydrogen-bond acceptors (Lipinski definition) is 4. The molecule has 0 unspecified atom stereocenters. The van der Waals surface area contributed by atoms with Crippen LogP contribution in [0.25, 0.3) is 0 Å². The van der Waals surface area contributed by atoms with E-state index in [1.165, 1.54) is 7.11 Å². The molecule has 4 nitrogen and oxygen atoms in total. The molecule has 0 aromatic rings. The first kappa shape index (κ1) is 13.5. The molecule has 0 saturated heterocycles. The van der Waals surface area contributed by atoms with E-state index < -0.39 is 0 Å². The molecule has 4 heteroatoms. The van der Waals surface area contributed by atoms with E-state index in [4.69, 9.17) is 0 Å². The smallest absolute Gasteiger partial charge is 0.305 e. The lowest BCUT2D eigenvalue weighted by Crippen LogP contribution is -2.03. The van der Waals surface area contributed by atoms with Crippen molar-refractivity contribution in [1.29, 1.82) is 0 Å². The summed E-state index contributed by atoms with van der Waals surface area (Å²) in [4.78, 5) is 20.0. The van der Waals surface area contributed by atoms with E-state index in [2.05, 4.69) is 20.8 Å². The van der Waals surface area contributed by atoms with Gasteiger partial charge < -0.3 is 4.74 Å². The minimum absolute atomic E-state index is 0.186. The lowest BCUT2D eigenvalue weighted by molar-refractivity contribution is -0.140. The number of hydrogen-bond donors (Lipinski definition) is 0. The van der Waals surface area contributed by atoms with Gasteiger partial charge in [0.2, 0.25) is 0 Å². The summed E-state index contributed by atoms with van der Waals surface area (Å²) in [6.07, 6.45) is 7.90. The minimum atomic E-state index is -0.186. The van der Waals surface area contributed by atoms with E-state index in [0.29, 0.717) is 12.8 Å².